The molecule has 8 heteroatoms. The van der Waals surface area contributed by atoms with E-state index in [1.54, 1.807) is 6.07 Å². The molecule has 0 aliphatic carbocycles. The van der Waals surface area contributed by atoms with Crippen LogP contribution in [0.15, 0.2) is 41.3 Å². The number of non-ortho nitro benzene ring substituents is 1. The van der Waals surface area contributed by atoms with E-state index in [-0.39, 0.29) is 16.3 Å². The monoisotopic (exact) mass is 362 g/mol. The van der Waals surface area contributed by atoms with Crippen LogP contribution in [0.3, 0.4) is 0 Å². The summed E-state index contributed by atoms with van der Waals surface area (Å²) in [6, 6.07) is 9.21. The van der Waals surface area contributed by atoms with Crippen LogP contribution in [-0.2, 0) is 16.4 Å². The summed E-state index contributed by atoms with van der Waals surface area (Å²) in [5.41, 5.74) is 2.34. The number of methoxy groups -OCH3 is 1. The first-order valence-corrected chi connectivity index (χ1v) is 9.23. The largest absolute Gasteiger partial charge is 0.495 e. The summed E-state index contributed by atoms with van der Waals surface area (Å²) in [7, 11) is -2.64. The van der Waals surface area contributed by atoms with E-state index in [0.717, 1.165) is 23.6 Å². The van der Waals surface area contributed by atoms with E-state index in [0.29, 0.717) is 18.7 Å². The molecule has 25 heavy (non-hydrogen) atoms. The molecule has 0 saturated carbocycles. The lowest BCUT2D eigenvalue weighted by molar-refractivity contribution is -0.385. The van der Waals surface area contributed by atoms with Gasteiger partial charge in [-0.2, -0.15) is 0 Å². The van der Waals surface area contributed by atoms with Crippen molar-refractivity contribution in [2.45, 2.75) is 24.7 Å². The lowest BCUT2D eigenvalue weighted by Crippen LogP contribution is -2.35. The molecular formula is C17H18N2O5S. The normalized spacial score (nSPS) is 14.1. The van der Waals surface area contributed by atoms with Crippen LogP contribution < -0.4 is 9.04 Å². The van der Waals surface area contributed by atoms with Crippen molar-refractivity contribution in [3.05, 3.63) is 57.6 Å². The van der Waals surface area contributed by atoms with E-state index in [1.165, 1.54) is 23.5 Å². The van der Waals surface area contributed by atoms with Gasteiger partial charge in [0.1, 0.15) is 10.6 Å². The number of sulfonamides is 1. The van der Waals surface area contributed by atoms with Crippen LogP contribution in [0.25, 0.3) is 0 Å². The molecule has 0 saturated heterocycles. The van der Waals surface area contributed by atoms with E-state index in [1.807, 2.05) is 19.1 Å². The molecule has 0 spiro atoms. The van der Waals surface area contributed by atoms with Gasteiger partial charge in [-0.3, -0.25) is 14.4 Å². The van der Waals surface area contributed by atoms with Crippen molar-refractivity contribution in [3.63, 3.8) is 0 Å². The Morgan fingerprint density at radius 2 is 1.96 bits per heavy atom. The molecule has 7 nitrogen and oxygen atoms in total. The van der Waals surface area contributed by atoms with Crippen LogP contribution in [0, 0.1) is 17.0 Å². The zero-order chi connectivity index (χ0) is 18.2. The lowest BCUT2D eigenvalue weighted by atomic mass is 10.0. The van der Waals surface area contributed by atoms with Crippen molar-refractivity contribution in [3.8, 4) is 5.75 Å². The van der Waals surface area contributed by atoms with Crippen molar-refractivity contribution in [1.29, 1.82) is 0 Å². The topological polar surface area (TPSA) is 89.7 Å². The number of hydrogen-bond donors (Lipinski definition) is 0. The number of fused-ring (bicyclic) bond motifs is 1. The minimum Gasteiger partial charge on any atom is -0.495 e. The molecule has 0 unspecified atom stereocenters. The van der Waals surface area contributed by atoms with Gasteiger partial charge in [0.25, 0.3) is 15.7 Å². The highest BCUT2D eigenvalue weighted by atomic mass is 32.2. The van der Waals surface area contributed by atoms with E-state index in [9.17, 15) is 18.5 Å². The van der Waals surface area contributed by atoms with Crippen LogP contribution >= 0.6 is 0 Å². The highest BCUT2D eigenvalue weighted by molar-refractivity contribution is 7.93. The maximum Gasteiger partial charge on any atom is 0.271 e. The molecule has 2 aromatic carbocycles. The van der Waals surface area contributed by atoms with Gasteiger partial charge in [-0.1, -0.05) is 17.7 Å². The third-order valence-corrected chi connectivity index (χ3v) is 6.07. The second kappa shape index (κ2) is 6.36. The lowest BCUT2D eigenvalue weighted by Gasteiger charge is -2.31. The number of rotatable bonds is 4. The summed E-state index contributed by atoms with van der Waals surface area (Å²) < 4.78 is 32.9. The highest BCUT2D eigenvalue weighted by Gasteiger charge is 2.32. The maximum absolute atomic E-state index is 13.2. The second-order valence-electron chi connectivity index (χ2n) is 5.91. The summed E-state index contributed by atoms with van der Waals surface area (Å²) in [5, 5.41) is 11.0. The molecule has 0 N–H and O–H groups in total. The van der Waals surface area contributed by atoms with Gasteiger partial charge in [-0.15, -0.1) is 0 Å². The molecule has 1 heterocycles. The Kier molecular flexibility index (Phi) is 4.38. The molecule has 132 valence electrons. The molecule has 0 aromatic heterocycles. The molecule has 0 bridgehead atoms. The van der Waals surface area contributed by atoms with Crippen LogP contribution in [0.2, 0.25) is 0 Å². The Bertz CT molecular complexity index is 940. The van der Waals surface area contributed by atoms with Gasteiger partial charge in [-0.25, -0.2) is 8.42 Å². The molecule has 0 amide bonds. The Hall–Kier alpha value is -2.61. The Morgan fingerprint density at radius 1 is 1.20 bits per heavy atom. The first kappa shape index (κ1) is 17.2. The number of nitro groups is 1. The van der Waals surface area contributed by atoms with E-state index < -0.39 is 14.9 Å². The van der Waals surface area contributed by atoms with Gasteiger partial charge in [0.15, 0.2) is 0 Å². The molecule has 0 fully saturated rings. The fraction of sp³-hybridized carbons (Fsp3) is 0.294. The zero-order valence-corrected chi connectivity index (χ0v) is 14.7. The molecule has 0 atom stereocenters. The van der Waals surface area contributed by atoms with Crippen molar-refractivity contribution >= 4 is 21.4 Å². The van der Waals surface area contributed by atoms with Gasteiger partial charge in [-0.05, 0) is 37.5 Å². The first-order chi connectivity index (χ1) is 11.8. The van der Waals surface area contributed by atoms with Gasteiger partial charge >= 0.3 is 0 Å². The quantitative estimate of drug-likeness (QED) is 0.616. The maximum atomic E-state index is 13.2. The minimum absolute atomic E-state index is 0.0878. The van der Waals surface area contributed by atoms with Crippen LogP contribution in [-0.4, -0.2) is 27.0 Å². The van der Waals surface area contributed by atoms with Crippen molar-refractivity contribution in [2.24, 2.45) is 0 Å². The predicted octanol–water partition coefficient (Wildman–Crippen LogP) is 3.05. The number of nitro benzene ring substituents is 1. The number of nitrogens with zero attached hydrogens (tertiary/aromatic N) is 2. The van der Waals surface area contributed by atoms with Crippen LogP contribution in [0.1, 0.15) is 17.5 Å². The minimum atomic E-state index is -3.98. The molecule has 3 rings (SSSR count). The molecule has 1 aliphatic rings. The summed E-state index contributed by atoms with van der Waals surface area (Å²) in [6.45, 7) is 2.28. The summed E-state index contributed by atoms with van der Waals surface area (Å²) >= 11 is 0. The smallest absolute Gasteiger partial charge is 0.271 e. The van der Waals surface area contributed by atoms with Crippen molar-refractivity contribution < 1.29 is 18.1 Å². The van der Waals surface area contributed by atoms with Gasteiger partial charge in [0.05, 0.1) is 17.7 Å². The van der Waals surface area contributed by atoms with Crippen LogP contribution in [0.4, 0.5) is 11.4 Å². The van der Waals surface area contributed by atoms with E-state index in [4.69, 9.17) is 4.74 Å². The Labute approximate surface area is 146 Å². The third kappa shape index (κ3) is 3.05. The SMILES string of the molecule is COc1ccc([N+](=O)[O-])cc1S(=O)(=O)N1CCCc2cc(C)ccc21. The zero-order valence-electron chi connectivity index (χ0n) is 13.9. The standard InChI is InChI=1S/C17H18N2O5S/c1-12-5-7-15-13(10-12)4-3-9-18(15)25(22,23)17-11-14(19(20)21)6-8-16(17)24-2/h5-8,10-11H,3-4,9H2,1-2H3. The summed E-state index contributed by atoms with van der Waals surface area (Å²) in [6.07, 6.45) is 1.49. The van der Waals surface area contributed by atoms with Crippen molar-refractivity contribution in [1.82, 2.24) is 0 Å². The van der Waals surface area contributed by atoms with Crippen LogP contribution in [0.5, 0.6) is 5.75 Å². The summed E-state index contributed by atoms with van der Waals surface area (Å²) in [5.74, 6) is 0.0878. The molecule has 1 aliphatic heterocycles. The average Bonchev–Trinajstić information content (AvgIpc) is 2.60. The highest BCUT2D eigenvalue weighted by Crippen LogP contribution is 2.36. The van der Waals surface area contributed by atoms with Gasteiger partial charge in [0.2, 0.25) is 0 Å². The number of hydrogen-bond acceptors (Lipinski definition) is 5. The van der Waals surface area contributed by atoms with Gasteiger partial charge in [0, 0.05) is 18.7 Å². The fourth-order valence-corrected chi connectivity index (χ4v) is 4.76. The molecule has 0 radical (unpaired) electrons. The van der Waals surface area contributed by atoms with Crippen molar-refractivity contribution in [2.75, 3.05) is 18.0 Å². The fourth-order valence-electron chi connectivity index (χ4n) is 3.04. The number of benzene rings is 2. The Morgan fingerprint density at radius 3 is 2.64 bits per heavy atom. The number of aryl methyl sites for hydroxylation is 2. The number of anilines is 1. The summed E-state index contributed by atoms with van der Waals surface area (Å²) in [4.78, 5) is 10.2. The predicted molar refractivity (Wildman–Crippen MR) is 93.7 cm³/mol. The average molecular weight is 362 g/mol. The van der Waals surface area contributed by atoms with E-state index >= 15 is 0 Å². The second-order valence-corrected chi connectivity index (χ2v) is 7.74. The third-order valence-electron chi connectivity index (χ3n) is 4.24. The molecular weight excluding hydrogens is 344 g/mol. The Balaban J connectivity index is 2.15. The first-order valence-electron chi connectivity index (χ1n) is 7.79. The number of ether oxygens (including phenoxy) is 1. The van der Waals surface area contributed by atoms with Gasteiger partial charge < -0.3 is 4.74 Å². The van der Waals surface area contributed by atoms with E-state index in [2.05, 4.69) is 0 Å². The molecule has 2 aromatic rings.